The minimum Gasteiger partial charge on any atom is -0.497 e. The first-order valence-corrected chi connectivity index (χ1v) is 9.94. The molecule has 6 heteroatoms. The summed E-state index contributed by atoms with van der Waals surface area (Å²) in [7, 11) is -2.65. The predicted octanol–water partition coefficient (Wildman–Crippen LogP) is 3.38. The highest BCUT2D eigenvalue weighted by atomic mass is 32.2. The Morgan fingerprint density at radius 2 is 1.48 bits per heavy atom. The Kier molecular flexibility index (Phi) is 7.51. The van der Waals surface area contributed by atoms with Gasteiger partial charge in [-0.05, 0) is 58.9 Å². The standard InChI is InChI=1S/C21H26O5S/c1-7-9-15-21(16-10-8-2,19(22)26-20(3,4)5)27(23,24)18-13-11-17(25-6)12-14-18/h11-14H,15-16H2,1-6H3. The normalized spacial score (nSPS) is 11.5. The summed E-state index contributed by atoms with van der Waals surface area (Å²) in [5.74, 6) is 10.5. The minimum absolute atomic E-state index is 0.00929. The van der Waals surface area contributed by atoms with Gasteiger partial charge in [0.15, 0.2) is 14.6 Å². The van der Waals surface area contributed by atoms with Gasteiger partial charge in [0.1, 0.15) is 11.4 Å². The summed E-state index contributed by atoms with van der Waals surface area (Å²) in [6.07, 6.45) is -0.414. The van der Waals surface area contributed by atoms with E-state index in [1.54, 1.807) is 34.6 Å². The fraction of sp³-hybridized carbons (Fsp3) is 0.476. The van der Waals surface area contributed by atoms with Crippen LogP contribution in [0.4, 0.5) is 0 Å². The summed E-state index contributed by atoms with van der Waals surface area (Å²) in [5, 5.41) is 0. The number of carbonyl (C=O) groups is 1. The van der Waals surface area contributed by atoms with Crippen LogP contribution in [0.1, 0.15) is 47.5 Å². The number of methoxy groups -OCH3 is 1. The molecule has 0 radical (unpaired) electrons. The van der Waals surface area contributed by atoms with Crippen molar-refractivity contribution in [3.8, 4) is 29.4 Å². The number of hydrogen-bond acceptors (Lipinski definition) is 5. The maximum Gasteiger partial charge on any atom is 0.330 e. The molecule has 0 N–H and O–H groups in total. The molecule has 146 valence electrons. The van der Waals surface area contributed by atoms with Crippen LogP contribution in [0.3, 0.4) is 0 Å². The third kappa shape index (κ3) is 5.28. The highest BCUT2D eigenvalue weighted by molar-refractivity contribution is 7.93. The molecule has 0 saturated heterocycles. The zero-order chi connectivity index (χ0) is 20.7. The second kappa shape index (κ2) is 8.97. The van der Waals surface area contributed by atoms with Crippen LogP contribution in [0, 0.1) is 23.7 Å². The quantitative estimate of drug-likeness (QED) is 0.550. The van der Waals surface area contributed by atoms with E-state index >= 15 is 0 Å². The molecule has 0 aliphatic heterocycles. The topological polar surface area (TPSA) is 69.7 Å². The number of carbonyl (C=O) groups excluding carboxylic acids is 1. The van der Waals surface area contributed by atoms with Crippen molar-refractivity contribution in [3.05, 3.63) is 24.3 Å². The molecule has 5 nitrogen and oxygen atoms in total. The van der Waals surface area contributed by atoms with Gasteiger partial charge in [0, 0.05) is 12.8 Å². The van der Waals surface area contributed by atoms with Gasteiger partial charge in [-0.3, -0.25) is 4.79 Å². The number of hydrogen-bond donors (Lipinski definition) is 0. The Bertz CT molecular complexity index is 860. The first kappa shape index (κ1) is 22.6. The van der Waals surface area contributed by atoms with E-state index in [-0.39, 0.29) is 17.7 Å². The second-order valence-corrected chi connectivity index (χ2v) is 9.14. The van der Waals surface area contributed by atoms with E-state index in [0.29, 0.717) is 5.75 Å². The van der Waals surface area contributed by atoms with E-state index in [0.717, 1.165) is 0 Å². The van der Waals surface area contributed by atoms with Crippen LogP contribution in [-0.2, 0) is 19.4 Å². The third-order valence-electron chi connectivity index (χ3n) is 3.76. The van der Waals surface area contributed by atoms with Crippen molar-refractivity contribution in [1.29, 1.82) is 0 Å². The van der Waals surface area contributed by atoms with Gasteiger partial charge in [-0.1, -0.05) is 0 Å². The molecule has 0 saturated carbocycles. The Balaban J connectivity index is 3.65. The average Bonchev–Trinajstić information content (AvgIpc) is 2.60. The molecule has 0 atom stereocenters. The Morgan fingerprint density at radius 3 is 1.85 bits per heavy atom. The molecular formula is C21H26O5S. The van der Waals surface area contributed by atoms with Gasteiger partial charge in [0.2, 0.25) is 0 Å². The van der Waals surface area contributed by atoms with Crippen LogP contribution in [0.15, 0.2) is 29.2 Å². The number of benzene rings is 1. The lowest BCUT2D eigenvalue weighted by atomic mass is 10.00. The molecular weight excluding hydrogens is 364 g/mol. The molecule has 1 aromatic carbocycles. The first-order valence-electron chi connectivity index (χ1n) is 8.45. The molecule has 27 heavy (non-hydrogen) atoms. The molecule has 0 unspecified atom stereocenters. The van der Waals surface area contributed by atoms with Gasteiger partial charge in [0.25, 0.3) is 0 Å². The Labute approximate surface area is 162 Å². The van der Waals surface area contributed by atoms with Crippen molar-refractivity contribution < 1.29 is 22.7 Å². The molecule has 0 heterocycles. The van der Waals surface area contributed by atoms with Crippen molar-refractivity contribution in [2.24, 2.45) is 0 Å². The summed E-state index contributed by atoms with van der Waals surface area (Å²) >= 11 is 0. The minimum atomic E-state index is -4.14. The Morgan fingerprint density at radius 1 is 1.00 bits per heavy atom. The van der Waals surface area contributed by atoms with Crippen molar-refractivity contribution in [1.82, 2.24) is 0 Å². The largest absolute Gasteiger partial charge is 0.497 e. The smallest absolute Gasteiger partial charge is 0.330 e. The fourth-order valence-corrected chi connectivity index (χ4v) is 4.05. The summed E-state index contributed by atoms with van der Waals surface area (Å²) < 4.78 is 35.7. The lowest BCUT2D eigenvalue weighted by molar-refractivity contribution is -0.157. The van der Waals surface area contributed by atoms with Gasteiger partial charge in [0.05, 0.1) is 12.0 Å². The van der Waals surface area contributed by atoms with Crippen molar-refractivity contribution in [3.63, 3.8) is 0 Å². The molecule has 1 aromatic rings. The number of rotatable bonds is 6. The number of sulfone groups is 1. The number of ether oxygens (including phenoxy) is 2. The van der Waals surface area contributed by atoms with Crippen LogP contribution in [0.25, 0.3) is 0 Å². The Hall–Kier alpha value is -2.44. The lowest BCUT2D eigenvalue weighted by Crippen LogP contribution is -2.49. The molecule has 0 aromatic heterocycles. The highest BCUT2D eigenvalue weighted by Gasteiger charge is 2.53. The monoisotopic (exact) mass is 390 g/mol. The lowest BCUT2D eigenvalue weighted by Gasteiger charge is -2.31. The molecule has 0 spiro atoms. The maximum atomic E-state index is 13.5. The molecule has 0 aliphatic carbocycles. The fourth-order valence-electron chi connectivity index (χ4n) is 2.32. The SMILES string of the molecule is CC#CCC(CC#CC)(C(=O)OC(C)(C)C)S(=O)(=O)c1ccc(OC)cc1. The molecule has 1 rings (SSSR count). The van der Waals surface area contributed by atoms with E-state index in [1.807, 2.05) is 0 Å². The molecule has 0 amide bonds. The summed E-state index contributed by atoms with van der Waals surface area (Å²) in [6.45, 7) is 8.24. The summed E-state index contributed by atoms with van der Waals surface area (Å²) in [5.41, 5.74) is -0.850. The highest BCUT2D eigenvalue weighted by Crippen LogP contribution is 2.35. The second-order valence-electron chi connectivity index (χ2n) is 6.88. The van der Waals surface area contributed by atoms with Gasteiger partial charge in [-0.15, -0.1) is 23.7 Å². The molecule has 0 fully saturated rings. The maximum absolute atomic E-state index is 13.5. The van der Waals surface area contributed by atoms with Crippen LogP contribution in [0.2, 0.25) is 0 Å². The van der Waals surface area contributed by atoms with E-state index in [4.69, 9.17) is 9.47 Å². The van der Waals surface area contributed by atoms with Gasteiger partial charge < -0.3 is 9.47 Å². The molecule has 0 aliphatic rings. The summed E-state index contributed by atoms with van der Waals surface area (Å²) in [6, 6.07) is 5.88. The van der Waals surface area contributed by atoms with Gasteiger partial charge in [-0.2, -0.15) is 0 Å². The van der Waals surface area contributed by atoms with E-state index in [2.05, 4.69) is 23.7 Å². The van der Waals surface area contributed by atoms with E-state index < -0.39 is 26.2 Å². The zero-order valence-electron chi connectivity index (χ0n) is 16.7. The first-order chi connectivity index (χ1) is 12.5. The van der Waals surface area contributed by atoms with Crippen molar-refractivity contribution in [2.75, 3.05) is 7.11 Å². The number of esters is 1. The molecule has 0 bridgehead atoms. The van der Waals surface area contributed by atoms with Gasteiger partial charge in [-0.25, -0.2) is 8.42 Å². The van der Waals surface area contributed by atoms with Crippen LogP contribution in [-0.4, -0.2) is 31.8 Å². The third-order valence-corrected chi connectivity index (χ3v) is 6.13. The predicted molar refractivity (Wildman–Crippen MR) is 105 cm³/mol. The van der Waals surface area contributed by atoms with Crippen LogP contribution >= 0.6 is 0 Å². The van der Waals surface area contributed by atoms with Crippen LogP contribution in [0.5, 0.6) is 5.75 Å². The summed E-state index contributed by atoms with van der Waals surface area (Å²) in [4.78, 5) is 13.1. The average molecular weight is 391 g/mol. The zero-order valence-corrected chi connectivity index (χ0v) is 17.5. The van der Waals surface area contributed by atoms with Crippen molar-refractivity contribution in [2.45, 2.75) is 62.7 Å². The van der Waals surface area contributed by atoms with E-state index in [1.165, 1.54) is 31.4 Å². The van der Waals surface area contributed by atoms with E-state index in [9.17, 15) is 13.2 Å². The van der Waals surface area contributed by atoms with Crippen LogP contribution < -0.4 is 4.74 Å². The van der Waals surface area contributed by atoms with Crippen molar-refractivity contribution >= 4 is 15.8 Å². The van der Waals surface area contributed by atoms with Gasteiger partial charge >= 0.3 is 5.97 Å².